The number of anilines is 1. The van der Waals surface area contributed by atoms with Crippen molar-refractivity contribution >= 4 is 39.1 Å². The first-order valence-corrected chi connectivity index (χ1v) is 13.8. The summed E-state index contributed by atoms with van der Waals surface area (Å²) in [5.41, 5.74) is 0.347. The van der Waals surface area contributed by atoms with Crippen molar-refractivity contribution in [2.24, 2.45) is 17.8 Å². The summed E-state index contributed by atoms with van der Waals surface area (Å²) in [5, 5.41) is 12.6. The number of aromatic carboxylic acids is 1. The van der Waals surface area contributed by atoms with Crippen LogP contribution in [0.25, 0.3) is 10.2 Å². The molecule has 0 saturated heterocycles. The Kier molecular flexibility index (Phi) is 12.7. The molecule has 0 radical (unpaired) electrons. The zero-order chi connectivity index (χ0) is 30.0. The second-order valence-corrected chi connectivity index (χ2v) is 10.9. The number of aromatic nitrogens is 1. The highest BCUT2D eigenvalue weighted by molar-refractivity contribution is 7.19. The van der Waals surface area contributed by atoms with Crippen molar-refractivity contribution in [2.45, 2.75) is 54.1 Å². The Morgan fingerprint density at radius 2 is 1.80 bits per heavy atom. The number of nitrogens with zero attached hydrogens (tertiary/aromatic N) is 1. The number of hydrogen-bond acceptors (Lipinski definition) is 7. The molecule has 1 heterocycles. The van der Waals surface area contributed by atoms with E-state index in [2.05, 4.69) is 42.7 Å². The van der Waals surface area contributed by atoms with E-state index >= 15 is 0 Å². The predicted octanol–water partition coefficient (Wildman–Crippen LogP) is 7.51. The number of amides is 1. The van der Waals surface area contributed by atoms with Gasteiger partial charge < -0.3 is 24.6 Å². The van der Waals surface area contributed by atoms with E-state index in [4.69, 9.17) is 9.47 Å². The van der Waals surface area contributed by atoms with Crippen LogP contribution in [-0.2, 0) is 4.74 Å². The lowest BCUT2D eigenvalue weighted by molar-refractivity contribution is -0.0499. The highest BCUT2D eigenvalue weighted by Crippen LogP contribution is 2.33. The number of carboxylic acids is 1. The molecule has 1 aromatic heterocycles. The fourth-order valence-corrected chi connectivity index (χ4v) is 5.22. The van der Waals surface area contributed by atoms with E-state index in [0.717, 1.165) is 35.6 Å². The topological polar surface area (TPSA) is 107 Å². The van der Waals surface area contributed by atoms with Crippen LogP contribution in [0.2, 0.25) is 0 Å². The van der Waals surface area contributed by atoms with E-state index in [1.165, 1.54) is 37.4 Å². The Morgan fingerprint density at radius 3 is 2.38 bits per heavy atom. The quantitative estimate of drug-likeness (QED) is 0.228. The third kappa shape index (κ3) is 9.12. The monoisotopic (exact) mass is 580 g/mol. The van der Waals surface area contributed by atoms with Gasteiger partial charge in [0.1, 0.15) is 17.1 Å². The lowest BCUT2D eigenvalue weighted by Crippen LogP contribution is -2.16. The van der Waals surface area contributed by atoms with Crippen LogP contribution in [0, 0.1) is 24.7 Å². The number of rotatable bonds is 12. The van der Waals surface area contributed by atoms with Gasteiger partial charge in [0.2, 0.25) is 0 Å². The molecule has 2 aromatic carbocycles. The Labute approximate surface area is 237 Å². The summed E-state index contributed by atoms with van der Waals surface area (Å²) in [5.74, 6) is 0.333. The predicted molar refractivity (Wildman–Crippen MR) is 153 cm³/mol. The molecule has 0 aliphatic heterocycles. The molecule has 0 aliphatic carbocycles. The molecule has 0 saturated carbocycles. The minimum Gasteiger partial charge on any atom is -0.496 e. The van der Waals surface area contributed by atoms with Crippen LogP contribution >= 0.6 is 11.3 Å². The van der Waals surface area contributed by atoms with E-state index in [1.54, 1.807) is 26.2 Å². The Hall–Kier alpha value is -3.31. The van der Waals surface area contributed by atoms with Gasteiger partial charge in [0.05, 0.1) is 33.6 Å². The van der Waals surface area contributed by atoms with Gasteiger partial charge in [0.25, 0.3) is 5.91 Å². The van der Waals surface area contributed by atoms with Gasteiger partial charge in [-0.05, 0) is 61.4 Å². The standard InChI is InChI=1S/C18H14F2N2O5S.C11H24O/c1-8-21-12-5-6-13(26-2)14(15(12)28-8)16(23)22-11-4-3-9(27-18(19)20)7-10(11)17(24)25;1-6-10(3)11(4)7-9(2)8-12-5/h3-7,18H,1-2H3,(H,22,23)(H,24,25);9-11H,6-8H2,1-5H3. The van der Waals surface area contributed by atoms with Gasteiger partial charge in [0, 0.05) is 13.7 Å². The molecule has 2 N–H and O–H groups in total. The van der Waals surface area contributed by atoms with Gasteiger partial charge in [-0.25, -0.2) is 9.78 Å². The number of nitrogens with one attached hydrogen (secondary N) is 1. The van der Waals surface area contributed by atoms with E-state index in [0.29, 0.717) is 21.9 Å². The summed E-state index contributed by atoms with van der Waals surface area (Å²) in [6.45, 7) is 8.82. The van der Waals surface area contributed by atoms with Crippen molar-refractivity contribution in [3.8, 4) is 11.5 Å². The SMILES string of the molecule is CCC(C)C(C)CC(C)COC.COc1ccc2nc(C)sc2c1C(=O)Nc1ccc(OC(F)F)cc1C(=O)O. The van der Waals surface area contributed by atoms with E-state index in [-0.39, 0.29) is 17.0 Å². The molecule has 11 heteroatoms. The average molecular weight is 581 g/mol. The minimum absolute atomic E-state index is 0.0700. The number of thiazole rings is 1. The minimum atomic E-state index is -3.10. The molecular formula is C29H38F2N2O6S. The fourth-order valence-electron chi connectivity index (χ4n) is 4.26. The molecule has 3 atom stereocenters. The van der Waals surface area contributed by atoms with Crippen LogP contribution in [0.15, 0.2) is 30.3 Å². The fraction of sp³-hybridized carbons (Fsp3) is 0.483. The summed E-state index contributed by atoms with van der Waals surface area (Å²) in [6, 6.07) is 6.55. The molecule has 3 aromatic rings. The number of halogens is 2. The maximum Gasteiger partial charge on any atom is 0.387 e. The van der Waals surface area contributed by atoms with E-state index in [1.807, 2.05) is 0 Å². The van der Waals surface area contributed by atoms with E-state index < -0.39 is 24.1 Å². The zero-order valence-corrected chi connectivity index (χ0v) is 24.7. The van der Waals surface area contributed by atoms with Crippen LogP contribution in [0.4, 0.5) is 14.5 Å². The normalized spacial score (nSPS) is 13.2. The van der Waals surface area contributed by atoms with Crippen molar-refractivity contribution in [2.75, 3.05) is 26.1 Å². The average Bonchev–Trinajstić information content (AvgIpc) is 3.28. The summed E-state index contributed by atoms with van der Waals surface area (Å²) in [7, 11) is 3.19. The molecule has 1 amide bonds. The van der Waals surface area contributed by atoms with Gasteiger partial charge in [0.15, 0.2) is 0 Å². The number of fused-ring (bicyclic) bond motifs is 1. The smallest absolute Gasteiger partial charge is 0.387 e. The number of carboxylic acid groups (broad SMARTS) is 1. The highest BCUT2D eigenvalue weighted by Gasteiger charge is 2.22. The molecule has 0 fully saturated rings. The van der Waals surface area contributed by atoms with Crippen molar-refractivity contribution < 1.29 is 37.7 Å². The van der Waals surface area contributed by atoms with E-state index in [9.17, 15) is 23.5 Å². The lowest BCUT2D eigenvalue weighted by Gasteiger charge is -2.21. The molecule has 0 bridgehead atoms. The van der Waals surface area contributed by atoms with Crippen LogP contribution < -0.4 is 14.8 Å². The third-order valence-corrected chi connectivity index (χ3v) is 7.61. The number of hydrogen-bond donors (Lipinski definition) is 2. The van der Waals surface area contributed by atoms with Crippen molar-refractivity contribution in [3.63, 3.8) is 0 Å². The molecular weight excluding hydrogens is 542 g/mol. The summed E-state index contributed by atoms with van der Waals surface area (Å²) >= 11 is 1.30. The second-order valence-electron chi connectivity index (χ2n) is 9.73. The van der Waals surface area contributed by atoms with Crippen molar-refractivity contribution in [3.05, 3.63) is 46.5 Å². The first kappa shape index (κ1) is 32.9. The lowest BCUT2D eigenvalue weighted by atomic mass is 9.86. The molecule has 8 nitrogen and oxygen atoms in total. The molecule has 0 aliphatic rings. The second kappa shape index (κ2) is 15.5. The first-order chi connectivity index (χ1) is 18.9. The maximum absolute atomic E-state index is 12.9. The number of ether oxygens (including phenoxy) is 3. The molecule has 220 valence electrons. The Balaban J connectivity index is 0.000000395. The van der Waals surface area contributed by atoms with Gasteiger partial charge in [-0.3, -0.25) is 4.79 Å². The van der Waals surface area contributed by atoms with Crippen molar-refractivity contribution in [1.82, 2.24) is 4.98 Å². The number of aryl methyl sites for hydroxylation is 1. The summed E-state index contributed by atoms with van der Waals surface area (Å²) in [6.07, 6.45) is 2.59. The zero-order valence-electron chi connectivity index (χ0n) is 23.9. The van der Waals surface area contributed by atoms with Crippen LogP contribution in [0.3, 0.4) is 0 Å². The first-order valence-electron chi connectivity index (χ1n) is 13.0. The van der Waals surface area contributed by atoms with Gasteiger partial charge in [-0.15, -0.1) is 11.3 Å². The third-order valence-electron chi connectivity index (χ3n) is 6.61. The summed E-state index contributed by atoms with van der Waals surface area (Å²) in [4.78, 5) is 28.7. The molecule has 3 rings (SSSR count). The number of carbonyl (C=O) groups is 2. The number of carbonyl (C=O) groups excluding carboxylic acids is 1. The molecule has 40 heavy (non-hydrogen) atoms. The largest absolute Gasteiger partial charge is 0.496 e. The van der Waals surface area contributed by atoms with Crippen LogP contribution in [-0.4, -0.2) is 49.4 Å². The Morgan fingerprint density at radius 1 is 1.10 bits per heavy atom. The summed E-state index contributed by atoms with van der Waals surface area (Å²) < 4.78 is 39.9. The van der Waals surface area contributed by atoms with Crippen LogP contribution in [0.5, 0.6) is 11.5 Å². The number of benzene rings is 2. The maximum atomic E-state index is 12.9. The van der Waals surface area contributed by atoms with Crippen LogP contribution in [0.1, 0.15) is 66.3 Å². The van der Waals surface area contributed by atoms with Gasteiger partial charge in [-0.2, -0.15) is 8.78 Å². The van der Waals surface area contributed by atoms with Crippen molar-refractivity contribution in [1.29, 1.82) is 0 Å². The van der Waals surface area contributed by atoms with Gasteiger partial charge in [-0.1, -0.05) is 34.1 Å². The Bertz CT molecular complexity index is 1280. The molecule has 0 spiro atoms. The molecule has 3 unspecified atom stereocenters. The highest BCUT2D eigenvalue weighted by atomic mass is 32.1. The number of alkyl halides is 2. The number of methoxy groups -OCH3 is 2. The van der Waals surface area contributed by atoms with Gasteiger partial charge >= 0.3 is 12.6 Å².